The maximum Gasteiger partial charge on any atom is 0.304 e. The molecule has 118 valence electrons. The molecule has 1 N–H and O–H groups in total. The number of rotatable bonds is 4. The van der Waals surface area contributed by atoms with Crippen molar-refractivity contribution < 1.29 is 23.6 Å². The number of ether oxygens (including phenoxy) is 2. The highest BCUT2D eigenvalue weighted by molar-refractivity contribution is 5.97. The molecule has 1 heterocycles. The maximum absolute atomic E-state index is 13.6. The molecule has 1 aliphatic heterocycles. The second-order valence-electron chi connectivity index (χ2n) is 4.80. The highest BCUT2D eigenvalue weighted by Gasteiger charge is 2.20. The van der Waals surface area contributed by atoms with Crippen LogP contribution in [-0.2, 0) is 11.4 Å². The first-order chi connectivity index (χ1) is 11.0. The van der Waals surface area contributed by atoms with Gasteiger partial charge in [-0.3, -0.25) is 14.9 Å². The van der Waals surface area contributed by atoms with Gasteiger partial charge in [0.1, 0.15) is 23.8 Å². The SMILES string of the molecule is O=C1COc2cccc(OCc3ccc([N+](=O)[O-])c(F)c3)c2N1. The molecular weight excluding hydrogens is 307 g/mol. The van der Waals surface area contributed by atoms with Crippen LogP contribution in [-0.4, -0.2) is 17.4 Å². The first-order valence-electron chi connectivity index (χ1n) is 6.66. The molecule has 0 bridgehead atoms. The number of nitro groups is 1. The Balaban J connectivity index is 1.78. The van der Waals surface area contributed by atoms with E-state index in [-0.39, 0.29) is 19.1 Å². The van der Waals surface area contributed by atoms with Crippen molar-refractivity contribution in [1.29, 1.82) is 0 Å². The Bertz CT molecular complexity index is 793. The fourth-order valence-electron chi connectivity index (χ4n) is 2.14. The minimum atomic E-state index is -0.928. The molecule has 7 nitrogen and oxygen atoms in total. The van der Waals surface area contributed by atoms with Crippen molar-refractivity contribution in [3.63, 3.8) is 0 Å². The maximum atomic E-state index is 13.6. The lowest BCUT2D eigenvalue weighted by Crippen LogP contribution is -2.25. The molecule has 0 spiro atoms. The van der Waals surface area contributed by atoms with Gasteiger partial charge in [-0.25, -0.2) is 0 Å². The molecule has 1 amide bonds. The van der Waals surface area contributed by atoms with Gasteiger partial charge in [0.2, 0.25) is 5.82 Å². The number of halogens is 1. The minimum absolute atomic E-state index is 0.0127. The van der Waals surface area contributed by atoms with E-state index in [9.17, 15) is 19.3 Å². The predicted molar refractivity (Wildman–Crippen MR) is 78.0 cm³/mol. The molecule has 0 aromatic heterocycles. The Hall–Kier alpha value is -3.16. The topological polar surface area (TPSA) is 90.7 Å². The summed E-state index contributed by atoms with van der Waals surface area (Å²) in [5.74, 6) is -0.371. The van der Waals surface area contributed by atoms with E-state index in [2.05, 4.69) is 5.32 Å². The van der Waals surface area contributed by atoms with Crippen molar-refractivity contribution in [2.45, 2.75) is 6.61 Å². The zero-order chi connectivity index (χ0) is 16.4. The minimum Gasteiger partial charge on any atom is -0.487 e. The van der Waals surface area contributed by atoms with Crippen molar-refractivity contribution in [2.75, 3.05) is 11.9 Å². The van der Waals surface area contributed by atoms with E-state index in [0.29, 0.717) is 22.7 Å². The average molecular weight is 318 g/mol. The molecular formula is C15H11FN2O5. The molecule has 0 aliphatic carbocycles. The van der Waals surface area contributed by atoms with Gasteiger partial charge in [0.05, 0.1) is 4.92 Å². The number of anilines is 1. The Kier molecular flexibility index (Phi) is 3.80. The number of benzene rings is 2. The van der Waals surface area contributed by atoms with E-state index in [4.69, 9.17) is 9.47 Å². The van der Waals surface area contributed by atoms with Gasteiger partial charge in [0.15, 0.2) is 6.61 Å². The Morgan fingerprint density at radius 3 is 2.91 bits per heavy atom. The van der Waals surface area contributed by atoms with Crippen LogP contribution >= 0.6 is 0 Å². The Morgan fingerprint density at radius 1 is 1.35 bits per heavy atom. The molecule has 1 aliphatic rings. The van der Waals surface area contributed by atoms with E-state index < -0.39 is 16.4 Å². The number of nitrogens with zero attached hydrogens (tertiary/aromatic N) is 1. The molecule has 0 radical (unpaired) electrons. The summed E-state index contributed by atoms with van der Waals surface area (Å²) in [6.45, 7) is -0.0781. The van der Waals surface area contributed by atoms with Crippen LogP contribution in [0.3, 0.4) is 0 Å². The normalized spacial score (nSPS) is 12.8. The summed E-state index contributed by atoms with van der Waals surface area (Å²) in [4.78, 5) is 21.2. The monoisotopic (exact) mass is 318 g/mol. The summed E-state index contributed by atoms with van der Waals surface area (Å²) in [7, 11) is 0. The first-order valence-corrected chi connectivity index (χ1v) is 6.66. The zero-order valence-electron chi connectivity index (χ0n) is 11.7. The predicted octanol–water partition coefficient (Wildman–Crippen LogP) is 2.64. The van der Waals surface area contributed by atoms with Crippen LogP contribution in [0, 0.1) is 15.9 Å². The molecule has 0 saturated carbocycles. The summed E-state index contributed by atoms with van der Waals surface area (Å²) in [5.41, 5.74) is 0.242. The van der Waals surface area contributed by atoms with Crippen LogP contribution in [0.5, 0.6) is 11.5 Å². The van der Waals surface area contributed by atoms with Gasteiger partial charge in [-0.05, 0) is 29.8 Å². The van der Waals surface area contributed by atoms with Crippen molar-refractivity contribution in [1.82, 2.24) is 0 Å². The zero-order valence-corrected chi connectivity index (χ0v) is 11.7. The van der Waals surface area contributed by atoms with E-state index in [1.165, 1.54) is 6.07 Å². The molecule has 8 heteroatoms. The molecule has 0 fully saturated rings. The molecule has 2 aromatic carbocycles. The van der Waals surface area contributed by atoms with E-state index in [1.54, 1.807) is 18.2 Å². The van der Waals surface area contributed by atoms with Crippen molar-refractivity contribution >= 4 is 17.3 Å². The van der Waals surface area contributed by atoms with Crippen LogP contribution in [0.15, 0.2) is 36.4 Å². The van der Waals surface area contributed by atoms with Crippen molar-refractivity contribution in [3.8, 4) is 11.5 Å². The number of carbonyl (C=O) groups is 1. The number of nitrogens with one attached hydrogen (secondary N) is 1. The number of hydrogen-bond acceptors (Lipinski definition) is 5. The summed E-state index contributed by atoms with van der Waals surface area (Å²) in [5, 5.41) is 13.2. The smallest absolute Gasteiger partial charge is 0.304 e. The van der Waals surface area contributed by atoms with E-state index in [1.807, 2.05) is 0 Å². The van der Waals surface area contributed by atoms with E-state index in [0.717, 1.165) is 12.1 Å². The van der Waals surface area contributed by atoms with Gasteiger partial charge in [-0.1, -0.05) is 6.07 Å². The second-order valence-corrected chi connectivity index (χ2v) is 4.80. The van der Waals surface area contributed by atoms with Crippen LogP contribution < -0.4 is 14.8 Å². The van der Waals surface area contributed by atoms with Crippen LogP contribution in [0.2, 0.25) is 0 Å². The summed E-state index contributed by atoms with van der Waals surface area (Å²) in [6, 6.07) is 8.55. The van der Waals surface area contributed by atoms with Gasteiger partial charge in [0.25, 0.3) is 5.91 Å². The molecule has 3 rings (SSSR count). The molecule has 0 saturated heterocycles. The van der Waals surface area contributed by atoms with Gasteiger partial charge in [0, 0.05) is 6.07 Å². The summed E-state index contributed by atoms with van der Waals surface area (Å²) >= 11 is 0. The number of nitro benzene ring substituents is 1. The van der Waals surface area contributed by atoms with Gasteiger partial charge < -0.3 is 14.8 Å². The fraction of sp³-hybridized carbons (Fsp3) is 0.133. The van der Waals surface area contributed by atoms with Crippen LogP contribution in [0.25, 0.3) is 0 Å². The quantitative estimate of drug-likeness (QED) is 0.691. The second kappa shape index (κ2) is 5.91. The summed E-state index contributed by atoms with van der Waals surface area (Å²) in [6.07, 6.45) is 0. The lowest BCUT2D eigenvalue weighted by molar-refractivity contribution is -0.387. The lowest BCUT2D eigenvalue weighted by atomic mass is 10.2. The highest BCUT2D eigenvalue weighted by Crippen LogP contribution is 2.36. The largest absolute Gasteiger partial charge is 0.487 e. The third kappa shape index (κ3) is 3.05. The van der Waals surface area contributed by atoms with Gasteiger partial charge >= 0.3 is 5.69 Å². The first kappa shape index (κ1) is 14.8. The van der Waals surface area contributed by atoms with Crippen LogP contribution in [0.4, 0.5) is 15.8 Å². The van der Waals surface area contributed by atoms with Crippen molar-refractivity contribution in [2.24, 2.45) is 0 Å². The third-order valence-electron chi connectivity index (χ3n) is 3.21. The number of para-hydroxylation sites is 1. The molecule has 0 unspecified atom stereocenters. The number of carbonyl (C=O) groups excluding carboxylic acids is 1. The molecule has 0 atom stereocenters. The molecule has 2 aromatic rings. The standard InChI is InChI=1S/C15H11FN2O5/c16-10-6-9(4-5-11(10)18(20)21)7-22-12-2-1-3-13-15(12)17-14(19)8-23-13/h1-6H,7-8H2,(H,17,19). The lowest BCUT2D eigenvalue weighted by Gasteiger charge is -2.20. The van der Waals surface area contributed by atoms with Crippen molar-refractivity contribution in [3.05, 3.63) is 57.9 Å². The summed E-state index contributed by atoms with van der Waals surface area (Å²) < 4.78 is 24.4. The number of fused-ring (bicyclic) bond motifs is 1. The highest BCUT2D eigenvalue weighted by atomic mass is 19.1. The Morgan fingerprint density at radius 2 is 2.17 bits per heavy atom. The van der Waals surface area contributed by atoms with Gasteiger partial charge in [-0.15, -0.1) is 0 Å². The molecule has 23 heavy (non-hydrogen) atoms. The van der Waals surface area contributed by atoms with Crippen LogP contribution in [0.1, 0.15) is 5.56 Å². The number of amides is 1. The van der Waals surface area contributed by atoms with Gasteiger partial charge in [-0.2, -0.15) is 4.39 Å². The fourth-order valence-corrected chi connectivity index (χ4v) is 2.14. The third-order valence-corrected chi connectivity index (χ3v) is 3.21. The Labute approximate surface area is 129 Å². The average Bonchev–Trinajstić information content (AvgIpc) is 2.52. The van der Waals surface area contributed by atoms with E-state index >= 15 is 0 Å². The number of hydrogen-bond donors (Lipinski definition) is 1.